The average Bonchev–Trinajstić information content (AvgIpc) is 2.77. The Morgan fingerprint density at radius 1 is 0.552 bits per heavy atom. The van der Waals surface area contributed by atoms with E-state index < -0.39 is 0 Å². The van der Waals surface area contributed by atoms with Crippen molar-refractivity contribution in [2.24, 2.45) is 0 Å². The van der Waals surface area contributed by atoms with Crippen LogP contribution in [0.5, 0.6) is 0 Å². The van der Waals surface area contributed by atoms with Gasteiger partial charge in [0.1, 0.15) is 0 Å². The van der Waals surface area contributed by atoms with E-state index in [0.717, 1.165) is 58.9 Å². The average molecular weight is 480 g/mol. The summed E-state index contributed by atoms with van der Waals surface area (Å²) < 4.78 is 8.25. The molecule has 11 heteroatoms. The summed E-state index contributed by atoms with van der Waals surface area (Å²) in [4.78, 5) is 7.38. The summed E-state index contributed by atoms with van der Waals surface area (Å²) in [6.45, 7) is 13.7. The van der Waals surface area contributed by atoms with Crippen molar-refractivity contribution in [3.8, 4) is 0 Å². The Morgan fingerprint density at radius 3 is 0.690 bits per heavy atom. The Labute approximate surface area is 214 Å². The number of aliphatic hydroxyl groups excluding tert-OH is 4. The van der Waals surface area contributed by atoms with Crippen LogP contribution in [0.4, 0.5) is 0 Å². The van der Waals surface area contributed by atoms with Crippen molar-refractivity contribution in [1.29, 1.82) is 0 Å². The Kier molecular flexibility index (Phi) is 181. The van der Waals surface area contributed by atoms with Crippen LogP contribution >= 0.6 is 0 Å². The van der Waals surface area contributed by atoms with Gasteiger partial charge in [0, 0.05) is 26.4 Å². The van der Waals surface area contributed by atoms with Crippen LogP contribution in [0.1, 0.15) is 81.5 Å². The van der Waals surface area contributed by atoms with Gasteiger partial charge in [0.05, 0.1) is 13.2 Å². The van der Waals surface area contributed by atoms with Gasteiger partial charge < -0.3 is 21.9 Å². The van der Waals surface area contributed by atoms with Gasteiger partial charge in [-0.05, 0) is 38.5 Å². The van der Waals surface area contributed by atoms with Crippen molar-refractivity contribution in [1.82, 2.24) is 0 Å². The summed E-state index contributed by atoms with van der Waals surface area (Å²) in [6, 6.07) is 0. The van der Waals surface area contributed by atoms with E-state index in [0.29, 0.717) is 39.6 Å². The quantitative estimate of drug-likeness (QED) is 0.164. The molecule has 0 bridgehead atoms. The summed E-state index contributed by atoms with van der Waals surface area (Å²) in [5.41, 5.74) is 0. The van der Waals surface area contributed by atoms with Gasteiger partial charge in [-0.3, -0.25) is 10.5 Å². The Balaban J connectivity index is -0.0000000245. The summed E-state index contributed by atoms with van der Waals surface area (Å²) in [6.07, 6.45) is 5.24. The van der Waals surface area contributed by atoms with Crippen molar-refractivity contribution in [3.05, 3.63) is 0 Å². The molecule has 0 heterocycles. The van der Waals surface area contributed by atoms with Gasteiger partial charge in [-0.25, -0.2) is 9.78 Å². The van der Waals surface area contributed by atoms with Gasteiger partial charge in [-0.15, -0.1) is 0 Å². The van der Waals surface area contributed by atoms with Gasteiger partial charge in [0.25, 0.3) is 0 Å². The number of hydrogen-bond donors (Lipinski definition) is 6. The van der Waals surface area contributed by atoms with E-state index in [1.807, 2.05) is 41.5 Å². The zero-order valence-corrected chi connectivity index (χ0v) is 23.5. The Morgan fingerprint density at radius 2 is 0.690 bits per heavy atom. The molecule has 0 aromatic carbocycles. The van der Waals surface area contributed by atoms with E-state index in [9.17, 15) is 0 Å². The van der Waals surface area contributed by atoms with Crippen LogP contribution in [0.2, 0.25) is 0 Å². The standard InChI is InChI=1S/2C3H8O2.4C3H8O.Na.O.Ti.H/c2*1-2-3-5-4;4*1-2-3-4;;;;/h2*4H,2-3H2,1H3;4*4H,2-3H2,1H3;;;;/q;;;;;;+1;;;-1. The molecule has 0 atom stereocenters. The minimum absolute atomic E-state index is 0. The third kappa shape index (κ3) is 255. The predicted molar refractivity (Wildman–Crippen MR) is 109 cm³/mol. The SMILES string of the molecule is CCCO.CCCO.CCCO.CCCO.CCCOO.CCCOO.[H-].[Na+].[O]=[Ti]. The summed E-state index contributed by atoms with van der Waals surface area (Å²) >= 11 is 0.750. The molecule has 0 aromatic rings. The molecule has 0 aliphatic rings. The monoisotopic (exact) mass is 480 g/mol. The molecule has 0 rings (SSSR count). The molecule has 0 spiro atoms. The van der Waals surface area contributed by atoms with E-state index in [1.54, 1.807) is 0 Å². The van der Waals surface area contributed by atoms with Crippen LogP contribution in [0, 0.1) is 0 Å². The molecule has 29 heavy (non-hydrogen) atoms. The molecule has 0 unspecified atom stereocenters. The zero-order chi connectivity index (χ0) is 23.9. The fourth-order valence-electron chi connectivity index (χ4n) is 0.183. The molecule has 0 saturated carbocycles. The van der Waals surface area contributed by atoms with Crippen molar-refractivity contribution >= 4 is 0 Å². The molecule has 0 aromatic heterocycles. The summed E-state index contributed by atoms with van der Waals surface area (Å²) in [5.74, 6) is 0. The molecule has 0 aliphatic carbocycles. The fraction of sp³-hybridized carbons (Fsp3) is 1.00. The van der Waals surface area contributed by atoms with E-state index >= 15 is 0 Å². The molecule has 9 nitrogen and oxygen atoms in total. The first-order valence-electron chi connectivity index (χ1n) is 9.65. The topological polar surface area (TPSA) is 157 Å². The van der Waals surface area contributed by atoms with Crippen LogP contribution in [-0.4, -0.2) is 70.6 Å². The number of hydrogen-bond acceptors (Lipinski definition) is 9. The second-order valence-corrected chi connectivity index (χ2v) is 4.56. The molecule has 180 valence electrons. The van der Waals surface area contributed by atoms with Crippen molar-refractivity contribution in [3.63, 3.8) is 0 Å². The van der Waals surface area contributed by atoms with Crippen molar-refractivity contribution in [2.75, 3.05) is 39.6 Å². The van der Waals surface area contributed by atoms with E-state index in [4.69, 9.17) is 34.3 Å². The molecular formula is C18H49NaO9Ti. The second-order valence-electron chi connectivity index (χ2n) is 4.56. The van der Waals surface area contributed by atoms with Crippen LogP contribution in [-0.2, 0) is 33.5 Å². The number of rotatable bonds is 8. The second kappa shape index (κ2) is 101. The zero-order valence-electron chi connectivity index (χ0n) is 20.9. The summed E-state index contributed by atoms with van der Waals surface area (Å²) in [7, 11) is 0. The van der Waals surface area contributed by atoms with E-state index in [2.05, 4.69) is 9.78 Å². The molecule has 0 amide bonds. The first kappa shape index (κ1) is 52.2. The normalized spacial score (nSPS) is 7.14. The van der Waals surface area contributed by atoms with Gasteiger partial charge in [-0.2, -0.15) is 0 Å². The summed E-state index contributed by atoms with van der Waals surface area (Å²) in [5, 5.41) is 46.6. The van der Waals surface area contributed by atoms with Crippen LogP contribution < -0.4 is 29.6 Å². The molecule has 6 N–H and O–H groups in total. The first-order chi connectivity index (χ1) is 13.5. The molecular weight excluding hydrogens is 431 g/mol. The molecule has 0 radical (unpaired) electrons. The molecule has 0 aliphatic heterocycles. The Bertz CT molecular complexity index is 127. The van der Waals surface area contributed by atoms with Crippen molar-refractivity contribution in [2.45, 2.75) is 80.1 Å². The maximum absolute atomic E-state index is 8.25. The maximum atomic E-state index is 8.25. The van der Waals surface area contributed by atoms with Crippen molar-refractivity contribution < 1.29 is 95.4 Å². The van der Waals surface area contributed by atoms with Gasteiger partial charge >= 0.3 is 53.3 Å². The van der Waals surface area contributed by atoms with Gasteiger partial charge in [-0.1, -0.05) is 41.5 Å². The first-order valence-corrected chi connectivity index (χ1v) is 10.3. The van der Waals surface area contributed by atoms with Crippen LogP contribution in [0.25, 0.3) is 0 Å². The van der Waals surface area contributed by atoms with Crippen LogP contribution in [0.3, 0.4) is 0 Å². The third-order valence-corrected chi connectivity index (χ3v) is 1.49. The van der Waals surface area contributed by atoms with Gasteiger partial charge in [0.15, 0.2) is 0 Å². The molecule has 0 saturated heterocycles. The Hall–Kier alpha value is 1.19. The third-order valence-electron chi connectivity index (χ3n) is 1.49. The van der Waals surface area contributed by atoms with E-state index in [-0.39, 0.29) is 31.0 Å². The fourth-order valence-corrected chi connectivity index (χ4v) is 0.183. The predicted octanol–water partition coefficient (Wildman–Crippen LogP) is 0.322. The van der Waals surface area contributed by atoms with Crippen LogP contribution in [0.15, 0.2) is 0 Å². The molecule has 0 fully saturated rings. The number of aliphatic hydroxyl groups is 4. The van der Waals surface area contributed by atoms with Gasteiger partial charge in [0.2, 0.25) is 0 Å². The minimum atomic E-state index is 0. The van der Waals surface area contributed by atoms with E-state index in [1.165, 1.54) is 0 Å².